The molecule has 2 aromatic rings. The van der Waals surface area contributed by atoms with E-state index >= 15 is 0 Å². The Bertz CT molecular complexity index is 994. The summed E-state index contributed by atoms with van der Waals surface area (Å²) in [4.78, 5) is 28.1. The Balaban J connectivity index is 1.38. The molecule has 2 saturated heterocycles. The monoisotopic (exact) mass is 410 g/mol. The molecule has 1 aromatic heterocycles. The fourth-order valence-electron chi connectivity index (χ4n) is 4.71. The Morgan fingerprint density at radius 1 is 1.27 bits per heavy atom. The second-order valence-corrected chi connectivity index (χ2v) is 7.76. The second kappa shape index (κ2) is 6.91. The van der Waals surface area contributed by atoms with Crippen molar-refractivity contribution in [2.45, 2.75) is 18.2 Å². The number of nitrogens with one attached hydrogen (secondary N) is 1. The first-order chi connectivity index (χ1) is 14.5. The van der Waals surface area contributed by atoms with E-state index in [1.54, 1.807) is 49.6 Å². The molecule has 8 nitrogen and oxygen atoms in total. The van der Waals surface area contributed by atoms with Gasteiger partial charge in [0.2, 0.25) is 11.8 Å². The van der Waals surface area contributed by atoms with E-state index in [4.69, 9.17) is 18.6 Å². The number of furan rings is 1. The van der Waals surface area contributed by atoms with Crippen LogP contribution in [0, 0.1) is 11.8 Å². The summed E-state index contributed by atoms with van der Waals surface area (Å²) in [5.41, 5.74) is -0.225. The molecule has 0 saturated carbocycles. The van der Waals surface area contributed by atoms with E-state index in [1.165, 1.54) is 0 Å². The van der Waals surface area contributed by atoms with Gasteiger partial charge in [-0.25, -0.2) is 0 Å². The van der Waals surface area contributed by atoms with Crippen LogP contribution in [-0.4, -0.2) is 49.2 Å². The first-order valence-corrected chi connectivity index (χ1v) is 9.75. The number of carbonyl (C=O) groups is 2. The molecule has 2 fully saturated rings. The molecule has 30 heavy (non-hydrogen) atoms. The molecule has 2 bridgehead atoms. The molecule has 3 aliphatic heterocycles. The third kappa shape index (κ3) is 2.87. The molecule has 3 aliphatic rings. The van der Waals surface area contributed by atoms with Gasteiger partial charge in [-0.2, -0.15) is 0 Å². The Hall–Kier alpha value is -3.26. The van der Waals surface area contributed by atoms with Gasteiger partial charge in [-0.05, 0) is 12.1 Å². The topological polar surface area (TPSA) is 90.2 Å². The van der Waals surface area contributed by atoms with Crippen LogP contribution in [0.3, 0.4) is 0 Å². The number of amides is 2. The van der Waals surface area contributed by atoms with Crippen LogP contribution in [0.1, 0.15) is 5.76 Å². The highest BCUT2D eigenvalue weighted by molar-refractivity contribution is 5.99. The molecule has 2 amide bonds. The zero-order valence-electron chi connectivity index (χ0n) is 16.7. The number of nitrogens with zero attached hydrogens (tertiary/aromatic N) is 1. The van der Waals surface area contributed by atoms with Crippen molar-refractivity contribution in [2.75, 3.05) is 26.1 Å². The molecule has 4 heterocycles. The molecule has 5 rings (SSSR count). The number of ether oxygens (including phenoxy) is 3. The van der Waals surface area contributed by atoms with Gasteiger partial charge in [0.05, 0.1) is 51.5 Å². The van der Waals surface area contributed by atoms with Crippen molar-refractivity contribution in [3.05, 3.63) is 54.5 Å². The van der Waals surface area contributed by atoms with Crippen molar-refractivity contribution in [3.63, 3.8) is 0 Å². The standard InChI is InChI=1S/C22H22N2O6/c1-27-15-8-13(9-16(10-15)28-2)23-20(25)18-17-5-6-22(30-17)12-24(21(26)19(18)22)11-14-4-3-7-29-14/h3-10,17-19H,11-12H2,1-2H3,(H,23,25)/t17-,18-,19-,22+/m0/s1. The maximum Gasteiger partial charge on any atom is 0.231 e. The lowest BCUT2D eigenvalue weighted by Crippen LogP contribution is -2.41. The third-order valence-corrected chi connectivity index (χ3v) is 6.03. The average molecular weight is 410 g/mol. The SMILES string of the molecule is COc1cc(NC(=O)[C@H]2[C@@H]3C=C[C@]4(CN(Cc5ccco5)C(=O)[C@H]24)O3)cc(OC)c1. The summed E-state index contributed by atoms with van der Waals surface area (Å²) < 4.78 is 22.1. The number of hydrogen-bond acceptors (Lipinski definition) is 6. The van der Waals surface area contributed by atoms with Crippen molar-refractivity contribution < 1.29 is 28.2 Å². The largest absolute Gasteiger partial charge is 0.497 e. The number of hydrogen-bond donors (Lipinski definition) is 1. The number of carbonyl (C=O) groups excluding carboxylic acids is 2. The van der Waals surface area contributed by atoms with E-state index in [2.05, 4.69) is 5.32 Å². The van der Waals surface area contributed by atoms with Gasteiger partial charge in [0.15, 0.2) is 0 Å². The predicted octanol–water partition coefficient (Wildman–Crippen LogP) is 2.22. The molecule has 1 aromatic carbocycles. The Kier molecular flexibility index (Phi) is 4.32. The lowest BCUT2D eigenvalue weighted by molar-refractivity contribution is -0.136. The minimum Gasteiger partial charge on any atom is -0.497 e. The quantitative estimate of drug-likeness (QED) is 0.735. The highest BCUT2D eigenvalue weighted by Crippen LogP contribution is 2.52. The minimum atomic E-state index is -0.761. The van der Waals surface area contributed by atoms with Crippen molar-refractivity contribution in [2.24, 2.45) is 11.8 Å². The molecule has 1 spiro atoms. The Labute approximate surface area is 173 Å². The van der Waals surface area contributed by atoms with Gasteiger partial charge < -0.3 is 28.8 Å². The lowest BCUT2D eigenvalue weighted by Gasteiger charge is -2.23. The molecular formula is C22H22N2O6. The molecular weight excluding hydrogens is 388 g/mol. The van der Waals surface area contributed by atoms with Gasteiger partial charge >= 0.3 is 0 Å². The molecule has 8 heteroatoms. The zero-order valence-corrected chi connectivity index (χ0v) is 16.7. The van der Waals surface area contributed by atoms with Gasteiger partial charge in [0.1, 0.15) is 22.9 Å². The molecule has 0 aliphatic carbocycles. The fourth-order valence-corrected chi connectivity index (χ4v) is 4.71. The fraction of sp³-hybridized carbons (Fsp3) is 0.364. The van der Waals surface area contributed by atoms with E-state index in [1.807, 2.05) is 18.2 Å². The third-order valence-electron chi connectivity index (χ3n) is 6.03. The van der Waals surface area contributed by atoms with Gasteiger partial charge in [-0.15, -0.1) is 0 Å². The highest BCUT2D eigenvalue weighted by Gasteiger charge is 2.66. The molecule has 4 atom stereocenters. The highest BCUT2D eigenvalue weighted by atomic mass is 16.5. The van der Waals surface area contributed by atoms with Gasteiger partial charge in [0.25, 0.3) is 0 Å². The summed E-state index contributed by atoms with van der Waals surface area (Å²) in [6.07, 6.45) is 4.98. The van der Waals surface area contributed by atoms with Crippen LogP contribution in [0.5, 0.6) is 11.5 Å². The van der Waals surface area contributed by atoms with Crippen molar-refractivity contribution >= 4 is 17.5 Å². The second-order valence-electron chi connectivity index (χ2n) is 7.76. The minimum absolute atomic E-state index is 0.0957. The number of benzene rings is 1. The van der Waals surface area contributed by atoms with Crippen LogP contribution < -0.4 is 14.8 Å². The molecule has 0 radical (unpaired) electrons. The first kappa shape index (κ1) is 18.7. The van der Waals surface area contributed by atoms with Gasteiger partial charge in [0, 0.05) is 23.9 Å². The van der Waals surface area contributed by atoms with Crippen LogP contribution >= 0.6 is 0 Å². The van der Waals surface area contributed by atoms with Gasteiger partial charge in [-0.3, -0.25) is 9.59 Å². The number of anilines is 1. The summed E-state index contributed by atoms with van der Waals surface area (Å²) in [5.74, 6) is 0.291. The number of fused-ring (bicyclic) bond motifs is 1. The summed E-state index contributed by atoms with van der Waals surface area (Å²) in [6.45, 7) is 0.758. The van der Waals surface area contributed by atoms with E-state index < -0.39 is 23.5 Å². The first-order valence-electron chi connectivity index (χ1n) is 9.75. The van der Waals surface area contributed by atoms with Gasteiger partial charge in [-0.1, -0.05) is 12.2 Å². The molecule has 0 unspecified atom stereocenters. The number of rotatable bonds is 6. The van der Waals surface area contributed by atoms with Crippen LogP contribution in [0.15, 0.2) is 53.2 Å². The Morgan fingerprint density at radius 3 is 2.70 bits per heavy atom. The lowest BCUT2D eigenvalue weighted by atomic mass is 9.77. The van der Waals surface area contributed by atoms with E-state index in [0.29, 0.717) is 36.0 Å². The molecule has 156 valence electrons. The van der Waals surface area contributed by atoms with E-state index in [9.17, 15) is 9.59 Å². The predicted molar refractivity (Wildman–Crippen MR) is 106 cm³/mol. The van der Waals surface area contributed by atoms with Crippen LogP contribution in [0.25, 0.3) is 0 Å². The Morgan fingerprint density at radius 2 is 2.03 bits per heavy atom. The van der Waals surface area contributed by atoms with Crippen LogP contribution in [0.4, 0.5) is 5.69 Å². The zero-order chi connectivity index (χ0) is 20.9. The summed E-state index contributed by atoms with van der Waals surface area (Å²) >= 11 is 0. The number of methoxy groups -OCH3 is 2. The maximum atomic E-state index is 13.2. The summed E-state index contributed by atoms with van der Waals surface area (Å²) in [5, 5.41) is 2.91. The number of likely N-dealkylation sites (tertiary alicyclic amines) is 1. The average Bonchev–Trinajstić information content (AvgIpc) is 3.51. The normalized spacial score (nSPS) is 28.7. The van der Waals surface area contributed by atoms with Crippen LogP contribution in [0.2, 0.25) is 0 Å². The van der Waals surface area contributed by atoms with Crippen LogP contribution in [-0.2, 0) is 20.9 Å². The van der Waals surface area contributed by atoms with Crippen molar-refractivity contribution in [1.82, 2.24) is 4.90 Å². The summed E-state index contributed by atoms with van der Waals surface area (Å²) in [7, 11) is 3.09. The maximum absolute atomic E-state index is 13.2. The smallest absolute Gasteiger partial charge is 0.231 e. The van der Waals surface area contributed by atoms with E-state index in [-0.39, 0.29) is 11.8 Å². The van der Waals surface area contributed by atoms with E-state index in [0.717, 1.165) is 0 Å². The van der Waals surface area contributed by atoms with Crippen molar-refractivity contribution in [3.8, 4) is 11.5 Å². The van der Waals surface area contributed by atoms with Crippen molar-refractivity contribution in [1.29, 1.82) is 0 Å². The molecule has 1 N–H and O–H groups in total. The summed E-state index contributed by atoms with van der Waals surface area (Å²) in [6, 6.07) is 8.75.